The number of nitrogens with zero attached hydrogens (tertiary/aromatic N) is 3. The Morgan fingerprint density at radius 1 is 1.48 bits per heavy atom. The predicted octanol–water partition coefficient (Wildman–Crippen LogP) is 3.09. The lowest BCUT2D eigenvalue weighted by molar-refractivity contribution is 0.363. The van der Waals surface area contributed by atoms with Crippen LogP contribution in [0, 0.1) is 0 Å². The van der Waals surface area contributed by atoms with E-state index in [-0.39, 0.29) is 6.04 Å². The minimum atomic E-state index is -0.290. The summed E-state index contributed by atoms with van der Waals surface area (Å²) in [6.07, 6.45) is 1.72. The first-order valence-corrected chi connectivity index (χ1v) is 8.79. The van der Waals surface area contributed by atoms with Crippen molar-refractivity contribution in [2.75, 3.05) is 27.7 Å². The summed E-state index contributed by atoms with van der Waals surface area (Å²) in [7, 11) is 5.71. The Kier molecular flexibility index (Phi) is 5.84. The first kappa shape index (κ1) is 17.0. The third-order valence-electron chi connectivity index (χ3n) is 3.14. The van der Waals surface area contributed by atoms with Gasteiger partial charge < -0.3 is 15.4 Å². The van der Waals surface area contributed by atoms with Crippen LogP contribution in [-0.4, -0.2) is 42.4 Å². The van der Waals surface area contributed by atoms with E-state index in [1.807, 2.05) is 24.8 Å². The van der Waals surface area contributed by atoms with Crippen LogP contribution in [0.1, 0.15) is 17.3 Å². The Hall–Kier alpha value is -0.410. The van der Waals surface area contributed by atoms with Crippen molar-refractivity contribution in [2.45, 2.75) is 12.6 Å². The molecule has 21 heavy (non-hydrogen) atoms. The van der Waals surface area contributed by atoms with Crippen molar-refractivity contribution in [3.05, 3.63) is 31.1 Å². The number of halogens is 2. The van der Waals surface area contributed by atoms with Crippen LogP contribution in [0.25, 0.3) is 0 Å². The molecule has 0 amide bonds. The van der Waals surface area contributed by atoms with E-state index < -0.39 is 0 Å². The Balaban J connectivity index is 2.36. The normalized spacial score (nSPS) is 12.9. The Morgan fingerprint density at radius 2 is 2.19 bits per heavy atom. The smallest absolute Gasteiger partial charge is 0.161 e. The molecule has 0 saturated carbocycles. The molecule has 0 radical (unpaired) electrons. The molecule has 8 heteroatoms. The molecular weight excluding hydrogens is 420 g/mol. The second kappa shape index (κ2) is 7.23. The minimum absolute atomic E-state index is 0.290. The first-order valence-electron chi connectivity index (χ1n) is 6.38. The van der Waals surface area contributed by atoms with Crippen LogP contribution in [0.15, 0.2) is 19.8 Å². The summed E-state index contributed by atoms with van der Waals surface area (Å²) in [6.45, 7) is 1.65. The number of nitrogens with two attached hydrogens (primary N) is 1. The van der Waals surface area contributed by atoms with Gasteiger partial charge in [0.25, 0.3) is 0 Å². The average molecular weight is 438 g/mol. The van der Waals surface area contributed by atoms with Crippen LogP contribution in [0.5, 0.6) is 5.75 Å². The van der Waals surface area contributed by atoms with Crippen molar-refractivity contribution in [3.63, 3.8) is 0 Å². The molecule has 0 aliphatic carbocycles. The van der Waals surface area contributed by atoms with Crippen LogP contribution in [0.3, 0.4) is 0 Å². The molecule has 2 N–H and O–H groups in total. The number of methoxy groups -OCH3 is 1. The quantitative estimate of drug-likeness (QED) is 0.754. The summed E-state index contributed by atoms with van der Waals surface area (Å²) in [4.78, 5) is 2.11. The fourth-order valence-corrected chi connectivity index (χ4v) is 4.96. The van der Waals surface area contributed by atoms with E-state index >= 15 is 0 Å². The largest absolute Gasteiger partial charge is 0.493 e. The van der Waals surface area contributed by atoms with Crippen LogP contribution in [0.2, 0.25) is 0 Å². The van der Waals surface area contributed by atoms with Crippen molar-refractivity contribution in [1.82, 2.24) is 14.7 Å². The van der Waals surface area contributed by atoms with Gasteiger partial charge in [-0.25, -0.2) is 0 Å². The zero-order chi connectivity index (χ0) is 15.6. The van der Waals surface area contributed by atoms with E-state index in [0.29, 0.717) is 0 Å². The molecule has 1 atom stereocenters. The Bertz CT molecular complexity index is 611. The highest BCUT2D eigenvalue weighted by atomic mass is 79.9. The summed E-state index contributed by atoms with van der Waals surface area (Å²) in [5.41, 5.74) is 8.38. The zero-order valence-corrected chi connectivity index (χ0v) is 16.1. The van der Waals surface area contributed by atoms with Crippen LogP contribution >= 0.6 is 43.2 Å². The summed E-state index contributed by atoms with van der Waals surface area (Å²) in [6, 6.07) is 1.74. The van der Waals surface area contributed by atoms with Gasteiger partial charge in [0.15, 0.2) is 5.75 Å². The maximum Gasteiger partial charge on any atom is 0.161 e. The summed E-state index contributed by atoms with van der Waals surface area (Å²) in [5.74, 6) is 0.718. The van der Waals surface area contributed by atoms with Crippen LogP contribution < -0.4 is 10.5 Å². The van der Waals surface area contributed by atoms with E-state index in [9.17, 15) is 0 Å². The molecule has 0 aliphatic heterocycles. The van der Waals surface area contributed by atoms with Gasteiger partial charge in [-0.2, -0.15) is 5.10 Å². The highest BCUT2D eigenvalue weighted by molar-refractivity contribution is 9.12. The van der Waals surface area contributed by atoms with Gasteiger partial charge in [-0.1, -0.05) is 0 Å². The van der Waals surface area contributed by atoms with Crippen LogP contribution in [-0.2, 0) is 6.54 Å². The number of likely N-dealkylation sites (N-methyl/N-ethyl adjacent to an activating group) is 1. The van der Waals surface area contributed by atoms with Crippen molar-refractivity contribution in [1.29, 1.82) is 0 Å². The summed E-state index contributed by atoms with van der Waals surface area (Å²) < 4.78 is 9.40. The maximum atomic E-state index is 6.46. The summed E-state index contributed by atoms with van der Waals surface area (Å²) >= 11 is 8.66. The third kappa shape index (κ3) is 3.87. The van der Waals surface area contributed by atoms with Crippen molar-refractivity contribution in [3.8, 4) is 5.75 Å². The minimum Gasteiger partial charge on any atom is -0.493 e. The third-order valence-corrected chi connectivity index (χ3v) is 5.52. The lowest BCUT2D eigenvalue weighted by Gasteiger charge is -2.17. The van der Waals surface area contributed by atoms with Gasteiger partial charge in [0, 0.05) is 12.1 Å². The molecule has 1 unspecified atom stereocenters. The van der Waals surface area contributed by atoms with Crippen molar-refractivity contribution in [2.24, 2.45) is 5.73 Å². The van der Waals surface area contributed by atoms with Gasteiger partial charge in [0.2, 0.25) is 0 Å². The number of thiophene rings is 1. The lowest BCUT2D eigenvalue weighted by atomic mass is 10.1. The molecule has 0 fully saturated rings. The maximum absolute atomic E-state index is 6.46. The standard InChI is InChI=1S/C13H18Br2N4OS/c1-18(2)4-5-19-12(9(20-3)7-17-19)11(16)8-6-10(14)21-13(8)15/h6-7,11H,4-5,16H2,1-3H3. The second-order valence-corrected chi connectivity index (χ2v) is 8.63. The van der Waals surface area contributed by atoms with Gasteiger partial charge in [0.1, 0.15) is 5.69 Å². The fraction of sp³-hybridized carbons (Fsp3) is 0.462. The highest BCUT2D eigenvalue weighted by Crippen LogP contribution is 2.38. The molecule has 5 nitrogen and oxygen atoms in total. The van der Waals surface area contributed by atoms with Gasteiger partial charge in [-0.3, -0.25) is 4.68 Å². The molecule has 2 aromatic heterocycles. The summed E-state index contributed by atoms with van der Waals surface area (Å²) in [5, 5.41) is 4.40. The zero-order valence-electron chi connectivity index (χ0n) is 12.1. The Labute approximate surface area is 145 Å². The highest BCUT2D eigenvalue weighted by Gasteiger charge is 2.23. The molecule has 0 saturated heterocycles. The molecule has 0 aromatic carbocycles. The van der Waals surface area contributed by atoms with Crippen molar-refractivity contribution >= 4 is 43.2 Å². The molecule has 2 rings (SSSR count). The molecule has 116 valence electrons. The fourth-order valence-electron chi connectivity index (χ4n) is 2.03. The predicted molar refractivity (Wildman–Crippen MR) is 93.1 cm³/mol. The first-order chi connectivity index (χ1) is 9.93. The van der Waals surface area contributed by atoms with E-state index in [2.05, 4.69) is 41.9 Å². The number of hydrogen-bond acceptors (Lipinski definition) is 5. The van der Waals surface area contributed by atoms with Gasteiger partial charge in [0.05, 0.1) is 33.5 Å². The van der Waals surface area contributed by atoms with Gasteiger partial charge in [-0.15, -0.1) is 11.3 Å². The van der Waals surface area contributed by atoms with E-state index in [1.165, 1.54) is 0 Å². The van der Waals surface area contributed by atoms with Crippen molar-refractivity contribution < 1.29 is 4.74 Å². The number of hydrogen-bond donors (Lipinski definition) is 1. The monoisotopic (exact) mass is 436 g/mol. The lowest BCUT2D eigenvalue weighted by Crippen LogP contribution is -2.23. The average Bonchev–Trinajstić information content (AvgIpc) is 2.98. The SMILES string of the molecule is COc1cnn(CCN(C)C)c1C(N)c1cc(Br)sc1Br. The number of aromatic nitrogens is 2. The number of rotatable bonds is 6. The molecule has 0 bridgehead atoms. The molecule has 0 aliphatic rings. The van der Waals surface area contributed by atoms with Gasteiger partial charge in [-0.05, 0) is 52.0 Å². The molecule has 2 aromatic rings. The van der Waals surface area contributed by atoms with Crippen LogP contribution in [0.4, 0.5) is 0 Å². The second-order valence-electron chi connectivity index (χ2n) is 4.88. The van der Waals surface area contributed by atoms with Gasteiger partial charge >= 0.3 is 0 Å². The topological polar surface area (TPSA) is 56.3 Å². The molecule has 0 spiro atoms. The van der Waals surface area contributed by atoms with E-state index in [4.69, 9.17) is 10.5 Å². The number of ether oxygens (including phenoxy) is 1. The molecular formula is C13H18Br2N4OS. The van der Waals surface area contributed by atoms with E-state index in [1.54, 1.807) is 24.6 Å². The molecule has 2 heterocycles. The Morgan fingerprint density at radius 3 is 2.71 bits per heavy atom. The van der Waals surface area contributed by atoms with E-state index in [0.717, 1.165) is 37.7 Å².